The number of hydrogen-bond acceptors (Lipinski definition) is 5. The summed E-state index contributed by atoms with van der Waals surface area (Å²) in [5.41, 5.74) is 1.78. The number of rotatable bonds is 6. The van der Waals surface area contributed by atoms with Crippen LogP contribution in [0.15, 0.2) is 59.1 Å². The highest BCUT2D eigenvalue weighted by atomic mass is 16.4. The smallest absolute Gasteiger partial charge is 0.224 e. The van der Waals surface area contributed by atoms with E-state index in [1.54, 1.807) is 13.1 Å². The maximum atomic E-state index is 12.4. The first-order valence-corrected chi connectivity index (χ1v) is 7.74. The van der Waals surface area contributed by atoms with Crippen molar-refractivity contribution >= 4 is 5.91 Å². The van der Waals surface area contributed by atoms with Gasteiger partial charge < -0.3 is 9.73 Å². The Kier molecular flexibility index (Phi) is 4.96. The highest BCUT2D eigenvalue weighted by molar-refractivity contribution is 5.77. The van der Waals surface area contributed by atoms with Gasteiger partial charge in [0, 0.05) is 19.5 Å². The lowest BCUT2D eigenvalue weighted by Gasteiger charge is -2.13. The molecule has 6 nitrogen and oxygen atoms in total. The van der Waals surface area contributed by atoms with Crippen LogP contribution in [-0.4, -0.2) is 21.1 Å². The van der Waals surface area contributed by atoms with Gasteiger partial charge in [0.1, 0.15) is 0 Å². The second-order valence-corrected chi connectivity index (χ2v) is 5.42. The summed E-state index contributed by atoms with van der Waals surface area (Å²) in [6, 6.07) is 15.3. The van der Waals surface area contributed by atoms with E-state index in [-0.39, 0.29) is 18.2 Å². The maximum absolute atomic E-state index is 12.4. The molecule has 0 spiro atoms. The Labute approximate surface area is 140 Å². The molecule has 2 heterocycles. The summed E-state index contributed by atoms with van der Waals surface area (Å²) in [6.45, 7) is 2.13. The van der Waals surface area contributed by atoms with Crippen molar-refractivity contribution < 1.29 is 9.21 Å². The van der Waals surface area contributed by atoms with Crippen molar-refractivity contribution in [1.82, 2.24) is 20.5 Å². The van der Waals surface area contributed by atoms with Crippen molar-refractivity contribution in [3.63, 3.8) is 0 Å². The van der Waals surface area contributed by atoms with Gasteiger partial charge in [-0.3, -0.25) is 9.78 Å². The van der Waals surface area contributed by atoms with Crippen molar-refractivity contribution in [2.75, 3.05) is 0 Å². The van der Waals surface area contributed by atoms with Gasteiger partial charge in [0.2, 0.25) is 17.7 Å². The van der Waals surface area contributed by atoms with E-state index in [4.69, 9.17) is 4.42 Å². The zero-order chi connectivity index (χ0) is 16.8. The van der Waals surface area contributed by atoms with E-state index in [9.17, 15) is 4.79 Å². The number of aromatic nitrogens is 3. The van der Waals surface area contributed by atoms with Gasteiger partial charge in [-0.15, -0.1) is 10.2 Å². The van der Waals surface area contributed by atoms with Gasteiger partial charge in [0.05, 0.1) is 18.2 Å². The Morgan fingerprint density at radius 2 is 1.92 bits per heavy atom. The zero-order valence-corrected chi connectivity index (χ0v) is 13.3. The first kappa shape index (κ1) is 15.9. The van der Waals surface area contributed by atoms with Crippen LogP contribution in [0.1, 0.15) is 35.4 Å². The molecule has 3 aromatic rings. The Bertz CT molecular complexity index is 787. The zero-order valence-electron chi connectivity index (χ0n) is 13.3. The van der Waals surface area contributed by atoms with E-state index in [1.807, 2.05) is 48.5 Å². The molecule has 1 N–H and O–H groups in total. The summed E-state index contributed by atoms with van der Waals surface area (Å²) in [4.78, 5) is 16.5. The molecule has 1 unspecified atom stereocenters. The van der Waals surface area contributed by atoms with Crippen LogP contribution >= 0.6 is 0 Å². The van der Waals surface area contributed by atoms with Crippen LogP contribution in [0.25, 0.3) is 0 Å². The van der Waals surface area contributed by atoms with E-state index in [0.717, 1.165) is 11.3 Å². The van der Waals surface area contributed by atoms with Crippen molar-refractivity contribution in [1.29, 1.82) is 0 Å². The fourth-order valence-corrected chi connectivity index (χ4v) is 2.44. The van der Waals surface area contributed by atoms with E-state index in [2.05, 4.69) is 20.5 Å². The molecule has 0 saturated heterocycles. The van der Waals surface area contributed by atoms with Crippen LogP contribution in [0, 0.1) is 6.92 Å². The minimum absolute atomic E-state index is 0.0923. The topological polar surface area (TPSA) is 80.9 Å². The number of nitrogens with zero attached hydrogens (tertiary/aromatic N) is 3. The monoisotopic (exact) mass is 322 g/mol. The standard InChI is InChI=1S/C18H18N4O2/c1-13-21-22-18(24-13)16(14-7-3-2-4-8-14)11-17(23)20-12-15-9-5-6-10-19-15/h2-10,16H,11-12H2,1H3,(H,20,23). The Balaban J connectivity index is 1.71. The highest BCUT2D eigenvalue weighted by Crippen LogP contribution is 2.26. The van der Waals surface area contributed by atoms with Gasteiger partial charge in [-0.25, -0.2) is 0 Å². The van der Waals surface area contributed by atoms with Crippen molar-refractivity contribution in [3.05, 3.63) is 77.8 Å². The minimum Gasteiger partial charge on any atom is -0.425 e. The number of carbonyl (C=O) groups excluding carboxylic acids is 1. The van der Waals surface area contributed by atoms with Crippen molar-refractivity contribution in [2.24, 2.45) is 0 Å². The molecule has 0 fully saturated rings. The predicted molar refractivity (Wildman–Crippen MR) is 88.0 cm³/mol. The van der Waals surface area contributed by atoms with Gasteiger partial charge in [-0.1, -0.05) is 36.4 Å². The molecule has 0 aliphatic heterocycles. The molecule has 0 radical (unpaired) electrons. The van der Waals surface area contributed by atoms with Gasteiger partial charge in [-0.2, -0.15) is 0 Å². The number of benzene rings is 1. The largest absolute Gasteiger partial charge is 0.425 e. The molecular weight excluding hydrogens is 304 g/mol. The number of hydrogen-bond donors (Lipinski definition) is 1. The lowest BCUT2D eigenvalue weighted by Crippen LogP contribution is -2.25. The van der Waals surface area contributed by atoms with Crippen LogP contribution in [0.5, 0.6) is 0 Å². The fourth-order valence-electron chi connectivity index (χ4n) is 2.44. The number of aryl methyl sites for hydroxylation is 1. The Morgan fingerprint density at radius 1 is 1.12 bits per heavy atom. The second-order valence-electron chi connectivity index (χ2n) is 5.42. The van der Waals surface area contributed by atoms with Crippen LogP contribution in [0.4, 0.5) is 0 Å². The molecule has 0 aliphatic carbocycles. The quantitative estimate of drug-likeness (QED) is 0.754. The molecule has 2 aromatic heterocycles. The van der Waals surface area contributed by atoms with Crippen LogP contribution in [0.3, 0.4) is 0 Å². The summed E-state index contributed by atoms with van der Waals surface area (Å²) in [6.07, 6.45) is 1.94. The molecule has 0 bridgehead atoms. The average molecular weight is 322 g/mol. The van der Waals surface area contributed by atoms with Gasteiger partial charge >= 0.3 is 0 Å². The predicted octanol–water partition coefficient (Wildman–Crippen LogP) is 2.61. The lowest BCUT2D eigenvalue weighted by molar-refractivity contribution is -0.121. The summed E-state index contributed by atoms with van der Waals surface area (Å²) in [5.74, 6) is 0.577. The summed E-state index contributed by atoms with van der Waals surface area (Å²) >= 11 is 0. The van der Waals surface area contributed by atoms with Crippen LogP contribution in [-0.2, 0) is 11.3 Å². The summed E-state index contributed by atoms with van der Waals surface area (Å²) in [7, 11) is 0. The van der Waals surface area contributed by atoms with Crippen LogP contribution < -0.4 is 5.32 Å². The first-order valence-electron chi connectivity index (χ1n) is 7.74. The molecule has 1 aromatic carbocycles. The number of amides is 1. The average Bonchev–Trinajstić information content (AvgIpc) is 3.05. The van der Waals surface area contributed by atoms with Gasteiger partial charge in [0.25, 0.3) is 0 Å². The van der Waals surface area contributed by atoms with Gasteiger partial charge in [0.15, 0.2) is 0 Å². The Hall–Kier alpha value is -3.02. The highest BCUT2D eigenvalue weighted by Gasteiger charge is 2.23. The lowest BCUT2D eigenvalue weighted by atomic mass is 9.95. The summed E-state index contributed by atoms with van der Waals surface area (Å²) < 4.78 is 5.55. The fraction of sp³-hybridized carbons (Fsp3) is 0.222. The third-order valence-corrected chi connectivity index (χ3v) is 3.62. The third kappa shape index (κ3) is 4.04. The molecular formula is C18H18N4O2. The maximum Gasteiger partial charge on any atom is 0.224 e. The number of carbonyl (C=O) groups is 1. The Morgan fingerprint density at radius 3 is 2.58 bits per heavy atom. The SMILES string of the molecule is Cc1nnc(C(CC(=O)NCc2ccccn2)c2ccccc2)o1. The number of pyridine rings is 1. The van der Waals surface area contributed by atoms with Gasteiger partial charge in [-0.05, 0) is 17.7 Å². The molecule has 3 rings (SSSR count). The molecule has 0 aliphatic rings. The second kappa shape index (κ2) is 7.50. The normalized spacial score (nSPS) is 11.9. The molecule has 6 heteroatoms. The van der Waals surface area contributed by atoms with E-state index < -0.39 is 0 Å². The molecule has 24 heavy (non-hydrogen) atoms. The third-order valence-electron chi connectivity index (χ3n) is 3.62. The van der Waals surface area contributed by atoms with E-state index in [0.29, 0.717) is 18.3 Å². The molecule has 1 atom stereocenters. The molecule has 1 amide bonds. The first-order chi connectivity index (χ1) is 11.7. The molecule has 0 saturated carbocycles. The van der Waals surface area contributed by atoms with Crippen LogP contribution in [0.2, 0.25) is 0 Å². The van der Waals surface area contributed by atoms with Crippen molar-refractivity contribution in [2.45, 2.75) is 25.8 Å². The van der Waals surface area contributed by atoms with E-state index >= 15 is 0 Å². The molecule has 122 valence electrons. The summed E-state index contributed by atoms with van der Waals surface area (Å²) in [5, 5.41) is 10.8. The number of nitrogens with one attached hydrogen (secondary N) is 1. The minimum atomic E-state index is -0.267. The van der Waals surface area contributed by atoms with Crippen molar-refractivity contribution in [3.8, 4) is 0 Å². The van der Waals surface area contributed by atoms with E-state index in [1.165, 1.54) is 0 Å².